The predicted octanol–water partition coefficient (Wildman–Crippen LogP) is 2.21. The fourth-order valence-electron chi connectivity index (χ4n) is 2.94. The maximum Gasteiger partial charge on any atom is 0.260 e. The normalized spacial score (nSPS) is 17.1. The largest absolute Gasteiger partial charge is 0.354 e. The fourth-order valence-corrected chi connectivity index (χ4v) is 4.71. The lowest BCUT2D eigenvalue weighted by molar-refractivity contribution is -0.124. The van der Waals surface area contributed by atoms with E-state index in [0.29, 0.717) is 24.3 Å². The lowest BCUT2D eigenvalue weighted by Crippen LogP contribution is -2.48. The molecule has 0 aromatic carbocycles. The fraction of sp³-hybridized carbons (Fsp3) is 0.312. The lowest BCUT2D eigenvalue weighted by atomic mass is 10.2. The van der Waals surface area contributed by atoms with Crippen molar-refractivity contribution in [3.05, 3.63) is 39.1 Å². The van der Waals surface area contributed by atoms with Crippen molar-refractivity contribution in [2.24, 2.45) is 0 Å². The summed E-state index contributed by atoms with van der Waals surface area (Å²) in [6.45, 7) is 3.67. The van der Waals surface area contributed by atoms with Gasteiger partial charge in [-0.3, -0.25) is 14.5 Å². The molecule has 0 bridgehead atoms. The van der Waals surface area contributed by atoms with Crippen LogP contribution in [0.3, 0.4) is 0 Å². The van der Waals surface area contributed by atoms with Crippen LogP contribution in [-0.4, -0.2) is 40.4 Å². The van der Waals surface area contributed by atoms with E-state index in [1.807, 2.05) is 34.7 Å². The van der Waals surface area contributed by atoms with Crippen LogP contribution in [0.1, 0.15) is 18.8 Å². The van der Waals surface area contributed by atoms with Gasteiger partial charge in [-0.05, 0) is 18.4 Å². The Labute approximate surface area is 146 Å². The van der Waals surface area contributed by atoms with Crippen molar-refractivity contribution in [2.45, 2.75) is 13.0 Å². The Morgan fingerprint density at radius 3 is 2.96 bits per heavy atom. The Morgan fingerprint density at radius 2 is 2.21 bits per heavy atom. The number of hydrogen-bond acceptors (Lipinski definition) is 6. The molecule has 0 spiro atoms. The number of rotatable bonds is 3. The molecule has 1 atom stereocenters. The molecular formula is C16H16N4O2S2. The first kappa shape index (κ1) is 15.5. The molecule has 124 valence electrons. The summed E-state index contributed by atoms with van der Waals surface area (Å²) < 4.78 is 0. The highest BCUT2D eigenvalue weighted by Crippen LogP contribution is 2.34. The second-order valence-electron chi connectivity index (χ2n) is 5.75. The quantitative estimate of drug-likeness (QED) is 0.751. The minimum absolute atomic E-state index is 0.00707. The van der Waals surface area contributed by atoms with Gasteiger partial charge in [-0.15, -0.1) is 22.7 Å². The smallest absolute Gasteiger partial charge is 0.260 e. The van der Waals surface area contributed by atoms with Gasteiger partial charge < -0.3 is 10.3 Å². The Balaban J connectivity index is 1.73. The van der Waals surface area contributed by atoms with E-state index in [1.165, 1.54) is 11.3 Å². The van der Waals surface area contributed by atoms with Crippen molar-refractivity contribution < 1.29 is 4.79 Å². The average molecular weight is 360 g/mol. The van der Waals surface area contributed by atoms with Crippen molar-refractivity contribution in [3.8, 4) is 10.4 Å². The van der Waals surface area contributed by atoms with E-state index in [-0.39, 0.29) is 17.5 Å². The molecule has 0 unspecified atom stereocenters. The number of carbonyl (C=O) groups excluding carboxylic acids is 1. The van der Waals surface area contributed by atoms with Gasteiger partial charge in [0, 0.05) is 28.9 Å². The maximum absolute atomic E-state index is 12.6. The number of piperazine rings is 1. The van der Waals surface area contributed by atoms with Crippen molar-refractivity contribution in [1.82, 2.24) is 20.2 Å². The average Bonchev–Trinajstić information content (AvgIpc) is 3.23. The molecule has 2 N–H and O–H groups in total. The van der Waals surface area contributed by atoms with Gasteiger partial charge in [0.05, 0.1) is 18.0 Å². The molecule has 1 aliphatic rings. The number of nitrogens with one attached hydrogen (secondary N) is 2. The van der Waals surface area contributed by atoms with Crippen LogP contribution in [0.2, 0.25) is 0 Å². The van der Waals surface area contributed by atoms with Crippen molar-refractivity contribution in [3.63, 3.8) is 0 Å². The number of nitrogens with zero attached hydrogens (tertiary/aromatic N) is 2. The van der Waals surface area contributed by atoms with Crippen LogP contribution >= 0.6 is 22.7 Å². The van der Waals surface area contributed by atoms with Crippen LogP contribution < -0.4 is 10.9 Å². The van der Waals surface area contributed by atoms with Crippen LogP contribution in [0.15, 0.2) is 27.7 Å². The number of aromatic amines is 1. The number of thiophene rings is 2. The third-order valence-corrected chi connectivity index (χ3v) is 6.04. The number of carbonyl (C=O) groups is 1. The number of H-pyrrole nitrogens is 1. The summed E-state index contributed by atoms with van der Waals surface area (Å²) in [5.74, 6) is 0.620. The van der Waals surface area contributed by atoms with Gasteiger partial charge in [0.25, 0.3) is 5.56 Å². The summed E-state index contributed by atoms with van der Waals surface area (Å²) in [4.78, 5) is 35.6. The van der Waals surface area contributed by atoms with E-state index in [2.05, 4.69) is 15.3 Å². The minimum atomic E-state index is -0.118. The van der Waals surface area contributed by atoms with Crippen molar-refractivity contribution in [2.75, 3.05) is 19.6 Å². The molecule has 24 heavy (non-hydrogen) atoms. The molecule has 1 aliphatic heterocycles. The summed E-state index contributed by atoms with van der Waals surface area (Å²) in [6.07, 6.45) is 0. The van der Waals surface area contributed by atoms with Gasteiger partial charge in [-0.2, -0.15) is 0 Å². The van der Waals surface area contributed by atoms with Crippen LogP contribution in [0, 0.1) is 0 Å². The van der Waals surface area contributed by atoms with Crippen LogP contribution in [-0.2, 0) is 4.79 Å². The summed E-state index contributed by atoms with van der Waals surface area (Å²) >= 11 is 3.09. The summed E-state index contributed by atoms with van der Waals surface area (Å²) in [5.41, 5.74) is 0.822. The highest BCUT2D eigenvalue weighted by molar-refractivity contribution is 7.18. The number of aromatic nitrogens is 2. The highest BCUT2D eigenvalue weighted by Gasteiger charge is 2.25. The Bertz CT molecular complexity index is 945. The molecule has 0 aliphatic carbocycles. The molecule has 6 nitrogen and oxygen atoms in total. The zero-order valence-corrected chi connectivity index (χ0v) is 14.7. The summed E-state index contributed by atoms with van der Waals surface area (Å²) in [7, 11) is 0. The zero-order valence-electron chi connectivity index (χ0n) is 13.0. The van der Waals surface area contributed by atoms with Gasteiger partial charge in [-0.1, -0.05) is 6.07 Å². The second-order valence-corrected chi connectivity index (χ2v) is 7.56. The number of hydrogen-bond donors (Lipinski definition) is 2. The molecule has 4 heterocycles. The molecule has 8 heteroatoms. The molecular weight excluding hydrogens is 344 g/mol. The van der Waals surface area contributed by atoms with Crippen molar-refractivity contribution >= 4 is 38.8 Å². The van der Waals surface area contributed by atoms with Crippen molar-refractivity contribution in [1.29, 1.82) is 0 Å². The molecule has 3 aromatic rings. The standard InChI is InChI=1S/C16H16N4O2S2/c1-9(20-5-4-17-12(21)7-20)14-18-15(22)13-10(8-24-16(13)19-14)11-3-2-6-23-11/h2-3,6,8-9H,4-5,7H2,1H3,(H,17,21)(H,18,19,22)/t9-/m0/s1. The van der Waals surface area contributed by atoms with Gasteiger partial charge in [0.2, 0.25) is 5.91 Å². The van der Waals surface area contributed by atoms with E-state index in [0.717, 1.165) is 21.8 Å². The Kier molecular flexibility index (Phi) is 3.95. The predicted molar refractivity (Wildman–Crippen MR) is 96.6 cm³/mol. The Hall–Kier alpha value is -2.03. The third-order valence-electron chi connectivity index (χ3n) is 4.26. The summed E-state index contributed by atoms with van der Waals surface area (Å²) in [5, 5.41) is 7.44. The Morgan fingerprint density at radius 1 is 1.33 bits per heavy atom. The second kappa shape index (κ2) is 6.12. The lowest BCUT2D eigenvalue weighted by Gasteiger charge is -2.31. The molecule has 0 saturated carbocycles. The number of amides is 1. The van der Waals surface area contributed by atoms with Gasteiger partial charge in [0.15, 0.2) is 0 Å². The monoisotopic (exact) mass is 360 g/mol. The molecule has 1 saturated heterocycles. The molecule has 0 radical (unpaired) electrons. The van der Waals surface area contributed by atoms with E-state index in [1.54, 1.807) is 11.3 Å². The molecule has 4 rings (SSSR count). The van der Waals surface area contributed by atoms with Gasteiger partial charge in [-0.25, -0.2) is 4.98 Å². The molecule has 1 amide bonds. The number of fused-ring (bicyclic) bond motifs is 1. The first-order valence-corrected chi connectivity index (χ1v) is 9.45. The molecule has 3 aromatic heterocycles. The first-order chi connectivity index (χ1) is 11.6. The maximum atomic E-state index is 12.6. The van der Waals surface area contributed by atoms with E-state index in [4.69, 9.17) is 0 Å². The SMILES string of the molecule is C[C@@H](c1nc2scc(-c3cccs3)c2c(=O)[nH]1)N1CCNC(=O)C1. The topological polar surface area (TPSA) is 78.1 Å². The van der Waals surface area contributed by atoms with Gasteiger partial charge >= 0.3 is 0 Å². The minimum Gasteiger partial charge on any atom is -0.354 e. The van der Waals surface area contributed by atoms with E-state index >= 15 is 0 Å². The third kappa shape index (κ3) is 2.66. The van der Waals surface area contributed by atoms with Crippen LogP contribution in [0.4, 0.5) is 0 Å². The molecule has 1 fully saturated rings. The van der Waals surface area contributed by atoms with E-state index in [9.17, 15) is 9.59 Å². The summed E-state index contributed by atoms with van der Waals surface area (Å²) in [6, 6.07) is 3.87. The first-order valence-electron chi connectivity index (χ1n) is 7.69. The van der Waals surface area contributed by atoms with Gasteiger partial charge in [0.1, 0.15) is 10.7 Å². The van der Waals surface area contributed by atoms with Crippen LogP contribution in [0.25, 0.3) is 20.7 Å². The van der Waals surface area contributed by atoms with Crippen LogP contribution in [0.5, 0.6) is 0 Å². The zero-order chi connectivity index (χ0) is 16.7. The van der Waals surface area contributed by atoms with E-state index < -0.39 is 0 Å². The highest BCUT2D eigenvalue weighted by atomic mass is 32.1.